The van der Waals surface area contributed by atoms with E-state index in [1.165, 1.54) is 6.08 Å². The highest BCUT2D eigenvalue weighted by Crippen LogP contribution is 2.18. The van der Waals surface area contributed by atoms with Crippen LogP contribution in [-0.2, 0) is 4.79 Å². The quantitative estimate of drug-likeness (QED) is 0.634. The van der Waals surface area contributed by atoms with Gasteiger partial charge in [0.15, 0.2) is 0 Å². The number of thiophene rings is 1. The fourth-order valence-electron chi connectivity index (χ4n) is 1.74. The lowest BCUT2D eigenvalue weighted by molar-refractivity contribution is -0.116. The lowest BCUT2D eigenvalue weighted by Gasteiger charge is -2.11. The first-order chi connectivity index (χ1) is 10.2. The van der Waals surface area contributed by atoms with Gasteiger partial charge < -0.3 is 10.4 Å². The summed E-state index contributed by atoms with van der Waals surface area (Å²) in [5.41, 5.74) is 0.801. The van der Waals surface area contributed by atoms with Crippen LogP contribution in [0.1, 0.15) is 16.5 Å². The number of benzene rings is 1. The number of nitrogens with one attached hydrogen (secondary N) is 1. The Morgan fingerprint density at radius 3 is 2.76 bits per heavy atom. The van der Waals surface area contributed by atoms with Crippen LogP contribution in [0.4, 0.5) is 0 Å². The molecule has 2 aromatic rings. The van der Waals surface area contributed by atoms with Crippen molar-refractivity contribution in [2.24, 2.45) is 0 Å². The van der Waals surface area contributed by atoms with E-state index in [0.29, 0.717) is 0 Å². The first kappa shape index (κ1) is 15.8. The topological polar surface area (TPSA) is 49.3 Å². The van der Waals surface area contributed by atoms with Crippen molar-refractivity contribution in [3.63, 3.8) is 0 Å². The second-order valence-corrected chi connectivity index (χ2v) is 6.24. The fourth-order valence-corrected chi connectivity index (χ4v) is 2.77. The number of aliphatic hydroxyl groups is 1. The monoisotopic (exact) mass is 319 g/mol. The van der Waals surface area contributed by atoms with Crippen LogP contribution < -0.4 is 5.32 Å². The predicted octanol–water partition coefficient (Wildman–Crippen LogP) is 3.33. The van der Waals surface area contributed by atoms with Crippen LogP contribution >= 0.6 is 23.1 Å². The molecule has 0 aliphatic heterocycles. The number of amides is 1. The molecule has 1 heterocycles. The van der Waals surface area contributed by atoms with E-state index < -0.39 is 6.10 Å². The lowest BCUT2D eigenvalue weighted by Crippen LogP contribution is -2.26. The molecule has 2 rings (SSSR count). The SMILES string of the molecule is CSc1ccc([C@H](O)CNC(=O)/C=C/c2cccs2)cc1. The van der Waals surface area contributed by atoms with Gasteiger partial charge in [0.2, 0.25) is 5.91 Å². The second-order valence-electron chi connectivity index (χ2n) is 4.38. The first-order valence-corrected chi connectivity index (χ1v) is 8.61. The van der Waals surface area contributed by atoms with Gasteiger partial charge in [-0.2, -0.15) is 0 Å². The second kappa shape index (κ2) is 8.02. The van der Waals surface area contributed by atoms with Crippen LogP contribution in [0.15, 0.2) is 52.7 Å². The summed E-state index contributed by atoms with van der Waals surface area (Å²) in [6.45, 7) is 0.201. The van der Waals surface area contributed by atoms with Gasteiger partial charge in [0, 0.05) is 22.4 Å². The van der Waals surface area contributed by atoms with E-state index in [9.17, 15) is 9.90 Å². The maximum absolute atomic E-state index is 11.7. The van der Waals surface area contributed by atoms with Gasteiger partial charge in [0.25, 0.3) is 0 Å². The molecule has 3 nitrogen and oxygen atoms in total. The minimum Gasteiger partial charge on any atom is -0.387 e. The molecular formula is C16H17NO2S2. The number of thioether (sulfide) groups is 1. The van der Waals surface area contributed by atoms with E-state index in [1.54, 1.807) is 29.2 Å². The van der Waals surface area contributed by atoms with Crippen molar-refractivity contribution in [1.29, 1.82) is 0 Å². The van der Waals surface area contributed by atoms with Gasteiger partial charge in [-0.15, -0.1) is 23.1 Å². The third-order valence-electron chi connectivity index (χ3n) is 2.91. The van der Waals surface area contributed by atoms with E-state index in [-0.39, 0.29) is 12.5 Å². The van der Waals surface area contributed by atoms with Gasteiger partial charge in [-0.25, -0.2) is 0 Å². The Morgan fingerprint density at radius 2 is 2.14 bits per heavy atom. The third-order valence-corrected chi connectivity index (χ3v) is 4.49. The standard InChI is InChI=1S/C16H17NO2S2/c1-20-13-6-4-12(5-7-13)15(18)11-17-16(19)9-8-14-3-2-10-21-14/h2-10,15,18H,11H2,1H3,(H,17,19)/b9-8+/t15-/m1/s1. The summed E-state index contributed by atoms with van der Waals surface area (Å²) in [5.74, 6) is -0.205. The first-order valence-electron chi connectivity index (χ1n) is 6.50. The molecule has 21 heavy (non-hydrogen) atoms. The van der Waals surface area contributed by atoms with Gasteiger partial charge in [-0.1, -0.05) is 18.2 Å². The molecule has 0 aliphatic carbocycles. The van der Waals surface area contributed by atoms with Crippen molar-refractivity contribution >= 4 is 35.1 Å². The zero-order valence-electron chi connectivity index (χ0n) is 11.7. The van der Waals surface area contributed by atoms with Crippen LogP contribution in [0.2, 0.25) is 0 Å². The van der Waals surface area contributed by atoms with Crippen LogP contribution in [0, 0.1) is 0 Å². The van der Waals surface area contributed by atoms with Crippen molar-refractivity contribution in [3.8, 4) is 0 Å². The van der Waals surface area contributed by atoms with Gasteiger partial charge in [0.1, 0.15) is 0 Å². The average Bonchev–Trinajstić information content (AvgIpc) is 3.04. The molecular weight excluding hydrogens is 302 g/mol. The van der Waals surface area contributed by atoms with Gasteiger partial charge in [0.05, 0.1) is 6.10 Å². The third kappa shape index (κ3) is 5.04. The molecule has 1 aromatic heterocycles. The summed E-state index contributed by atoms with van der Waals surface area (Å²) in [6, 6.07) is 11.6. The molecule has 0 fully saturated rings. The number of aliphatic hydroxyl groups excluding tert-OH is 1. The highest BCUT2D eigenvalue weighted by molar-refractivity contribution is 7.98. The number of carbonyl (C=O) groups excluding carboxylic acids is 1. The summed E-state index contributed by atoms with van der Waals surface area (Å²) < 4.78 is 0. The highest BCUT2D eigenvalue weighted by Gasteiger charge is 2.08. The van der Waals surface area contributed by atoms with Crippen LogP contribution in [0.3, 0.4) is 0 Å². The molecule has 0 radical (unpaired) electrons. The Bertz CT molecular complexity index is 591. The van der Waals surface area contributed by atoms with E-state index in [4.69, 9.17) is 0 Å². The highest BCUT2D eigenvalue weighted by atomic mass is 32.2. The van der Waals surface area contributed by atoms with Crippen LogP contribution in [0.5, 0.6) is 0 Å². The van der Waals surface area contributed by atoms with Gasteiger partial charge in [-0.3, -0.25) is 4.79 Å². The normalized spacial score (nSPS) is 12.5. The molecule has 5 heteroatoms. The lowest BCUT2D eigenvalue weighted by atomic mass is 10.1. The Hall–Kier alpha value is -1.56. The molecule has 2 N–H and O–H groups in total. The summed E-state index contributed by atoms with van der Waals surface area (Å²) in [4.78, 5) is 13.8. The van der Waals surface area contributed by atoms with Gasteiger partial charge >= 0.3 is 0 Å². The number of rotatable bonds is 6. The Kier molecular flexibility index (Phi) is 6.04. The van der Waals surface area contributed by atoms with Crippen molar-refractivity contribution in [1.82, 2.24) is 5.32 Å². The van der Waals surface area contributed by atoms with E-state index in [1.807, 2.05) is 48.0 Å². The molecule has 0 saturated carbocycles. The molecule has 0 aliphatic rings. The van der Waals surface area contributed by atoms with Crippen LogP contribution in [-0.4, -0.2) is 23.8 Å². The molecule has 0 bridgehead atoms. The smallest absolute Gasteiger partial charge is 0.244 e. The minimum atomic E-state index is -0.694. The number of carbonyl (C=O) groups is 1. The van der Waals surface area contributed by atoms with E-state index in [0.717, 1.165) is 15.3 Å². The molecule has 1 atom stereocenters. The van der Waals surface area contributed by atoms with Crippen LogP contribution in [0.25, 0.3) is 6.08 Å². The summed E-state index contributed by atoms with van der Waals surface area (Å²) in [7, 11) is 0. The number of hydrogen-bond acceptors (Lipinski definition) is 4. The molecule has 0 spiro atoms. The molecule has 1 aromatic carbocycles. The molecule has 110 valence electrons. The maximum Gasteiger partial charge on any atom is 0.244 e. The minimum absolute atomic E-state index is 0.201. The summed E-state index contributed by atoms with van der Waals surface area (Å²) >= 11 is 3.22. The van der Waals surface area contributed by atoms with Gasteiger partial charge in [-0.05, 0) is 41.5 Å². The zero-order chi connectivity index (χ0) is 15.1. The van der Waals surface area contributed by atoms with Crippen molar-refractivity contribution < 1.29 is 9.90 Å². The average molecular weight is 319 g/mol. The molecule has 0 saturated heterocycles. The molecule has 0 unspecified atom stereocenters. The summed E-state index contributed by atoms with van der Waals surface area (Å²) in [6.07, 6.45) is 4.56. The van der Waals surface area contributed by atoms with Crippen molar-refractivity contribution in [3.05, 3.63) is 58.3 Å². The largest absolute Gasteiger partial charge is 0.387 e. The predicted molar refractivity (Wildman–Crippen MR) is 89.5 cm³/mol. The van der Waals surface area contributed by atoms with Crippen molar-refractivity contribution in [2.75, 3.05) is 12.8 Å². The zero-order valence-corrected chi connectivity index (χ0v) is 13.3. The number of hydrogen-bond donors (Lipinski definition) is 2. The Labute approximate surface area is 132 Å². The van der Waals surface area contributed by atoms with E-state index >= 15 is 0 Å². The Balaban J connectivity index is 1.82. The maximum atomic E-state index is 11.7. The fraction of sp³-hybridized carbons (Fsp3) is 0.188. The summed E-state index contributed by atoms with van der Waals surface area (Å²) in [5, 5.41) is 14.7. The van der Waals surface area contributed by atoms with Crippen molar-refractivity contribution in [2.45, 2.75) is 11.0 Å². The molecule has 1 amide bonds. The van der Waals surface area contributed by atoms with E-state index in [2.05, 4.69) is 5.32 Å². The Morgan fingerprint density at radius 1 is 1.38 bits per heavy atom.